The van der Waals surface area contributed by atoms with Crippen LogP contribution in [0.2, 0.25) is 0 Å². The fourth-order valence-electron chi connectivity index (χ4n) is 5.18. The van der Waals surface area contributed by atoms with Crippen LogP contribution in [-0.2, 0) is 32.2 Å². The summed E-state index contributed by atoms with van der Waals surface area (Å²) < 4.78 is 51.5. The van der Waals surface area contributed by atoms with E-state index in [9.17, 15) is 27.9 Å². The van der Waals surface area contributed by atoms with E-state index < -0.39 is 30.3 Å². The molecule has 228 valence electrons. The normalized spacial score (nSPS) is 22.4. The molecule has 43 heavy (non-hydrogen) atoms. The first-order valence-electron chi connectivity index (χ1n) is 14.0. The number of carbonyl (C=O) groups is 2. The molecule has 5 rings (SSSR count). The van der Waals surface area contributed by atoms with Crippen molar-refractivity contribution < 1.29 is 37.3 Å². The van der Waals surface area contributed by atoms with Crippen molar-refractivity contribution in [3.05, 3.63) is 95.2 Å². The maximum atomic E-state index is 12.9. The monoisotopic (exact) mass is 615 g/mol. The van der Waals surface area contributed by atoms with Crippen molar-refractivity contribution in [2.24, 2.45) is 0 Å². The van der Waals surface area contributed by atoms with Gasteiger partial charge < -0.3 is 24.8 Å². The summed E-state index contributed by atoms with van der Waals surface area (Å²) in [5.41, 5.74) is 3.29. The highest BCUT2D eigenvalue weighted by atomic mass is 32.2. The summed E-state index contributed by atoms with van der Waals surface area (Å²) in [7, 11) is 0. The second-order valence-corrected chi connectivity index (χ2v) is 11.5. The van der Waals surface area contributed by atoms with Crippen molar-refractivity contribution in [1.82, 2.24) is 15.2 Å². The van der Waals surface area contributed by atoms with Crippen molar-refractivity contribution >= 4 is 23.6 Å². The molecular formula is C31H32F3N3O5S. The molecule has 0 aliphatic carbocycles. The lowest BCUT2D eigenvalue weighted by Gasteiger charge is -2.36. The molecule has 2 aliphatic heterocycles. The number of aliphatic hydroxyl groups excluding tert-OH is 1. The van der Waals surface area contributed by atoms with Crippen LogP contribution in [0.5, 0.6) is 0 Å². The molecule has 8 nitrogen and oxygen atoms in total. The summed E-state index contributed by atoms with van der Waals surface area (Å²) in [6.07, 6.45) is -3.15. The number of aliphatic hydroxyl groups is 1. The van der Waals surface area contributed by atoms with E-state index in [2.05, 4.69) is 10.3 Å². The number of halogens is 3. The van der Waals surface area contributed by atoms with Crippen LogP contribution in [0.25, 0.3) is 0 Å². The van der Waals surface area contributed by atoms with E-state index in [0.717, 1.165) is 27.3 Å². The molecule has 0 radical (unpaired) electrons. The second-order valence-electron chi connectivity index (χ2n) is 10.4. The number of likely N-dealkylation sites (tertiary alicyclic amines) is 1. The minimum Gasteiger partial charge on any atom is -0.392 e. The largest absolute Gasteiger partial charge is 0.471 e. The molecule has 2 saturated heterocycles. The highest BCUT2D eigenvalue weighted by Gasteiger charge is 2.47. The Hall–Kier alpha value is -3.45. The first-order chi connectivity index (χ1) is 20.7. The maximum Gasteiger partial charge on any atom is 0.471 e. The van der Waals surface area contributed by atoms with Crippen LogP contribution in [0.1, 0.15) is 53.9 Å². The van der Waals surface area contributed by atoms with Crippen molar-refractivity contribution in [1.29, 1.82) is 0 Å². The summed E-state index contributed by atoms with van der Waals surface area (Å²) in [5, 5.41) is 13.0. The number of pyridine rings is 1. The predicted molar refractivity (Wildman–Crippen MR) is 152 cm³/mol. The standard InChI is InChI=1S/C31H32F3N3O5S/c32-31(33,34)30(40)37-15-3-4-25(37)28(39)36-17-20-6-12-23(13-7-20)29-41-24(19-43-27-5-1-2-14-35-27)16-26(42-29)22-10-8-21(18-38)9-11-22/h1-2,5-14,24-26,29,38H,3-4,15-19H2,(H,36,39)/t24-,25+,26+,29+/m1/s1. The quantitative estimate of drug-likeness (QED) is 0.324. The maximum absolute atomic E-state index is 12.9. The third-order valence-electron chi connectivity index (χ3n) is 7.45. The number of ether oxygens (including phenoxy) is 2. The Balaban J connectivity index is 1.23. The lowest BCUT2D eigenvalue weighted by atomic mass is 10.0. The number of aromatic nitrogens is 1. The molecule has 0 unspecified atom stereocenters. The SMILES string of the molecule is O=C(NCc1ccc([C@H]2O[C@@H](CSc3ccccn3)C[C@@H](c3ccc(CO)cc3)O2)cc1)[C@@H]1CCCN1C(=O)C(F)(F)F. The highest BCUT2D eigenvalue weighted by Crippen LogP contribution is 2.39. The smallest absolute Gasteiger partial charge is 0.392 e. The van der Waals surface area contributed by atoms with Crippen molar-refractivity contribution in [3.8, 4) is 0 Å². The average Bonchev–Trinajstić information content (AvgIpc) is 3.52. The van der Waals surface area contributed by atoms with E-state index in [1.807, 2.05) is 54.6 Å². The summed E-state index contributed by atoms with van der Waals surface area (Å²) in [6, 6.07) is 19.5. The molecule has 4 atom stereocenters. The Kier molecular flexibility index (Phi) is 10.0. The van der Waals surface area contributed by atoms with Gasteiger partial charge in [-0.15, -0.1) is 11.8 Å². The highest BCUT2D eigenvalue weighted by molar-refractivity contribution is 7.99. The van der Waals surface area contributed by atoms with Crippen molar-refractivity contribution in [2.75, 3.05) is 12.3 Å². The molecule has 1 aromatic heterocycles. The summed E-state index contributed by atoms with van der Waals surface area (Å²) in [6.45, 7) is -0.0437. The van der Waals surface area contributed by atoms with Gasteiger partial charge in [0.25, 0.3) is 0 Å². The van der Waals surface area contributed by atoms with Gasteiger partial charge in [0, 0.05) is 37.0 Å². The number of carbonyl (C=O) groups excluding carboxylic acids is 2. The molecule has 3 heterocycles. The number of nitrogens with zero attached hydrogens (tertiary/aromatic N) is 2. The molecule has 2 aromatic carbocycles. The van der Waals surface area contributed by atoms with E-state index in [4.69, 9.17) is 9.47 Å². The van der Waals surface area contributed by atoms with Crippen LogP contribution in [0.3, 0.4) is 0 Å². The van der Waals surface area contributed by atoms with E-state index in [0.29, 0.717) is 23.5 Å². The van der Waals surface area contributed by atoms with E-state index in [-0.39, 0.29) is 38.3 Å². The topological polar surface area (TPSA) is 101 Å². The number of benzene rings is 2. The summed E-state index contributed by atoms with van der Waals surface area (Å²) in [5.74, 6) is -1.93. The fourth-order valence-corrected chi connectivity index (χ4v) is 6.06. The molecule has 12 heteroatoms. The van der Waals surface area contributed by atoms with Crippen LogP contribution in [0.15, 0.2) is 78.0 Å². The number of nitrogens with one attached hydrogen (secondary N) is 1. The average molecular weight is 616 g/mol. The van der Waals surface area contributed by atoms with Crippen LogP contribution in [0.4, 0.5) is 13.2 Å². The van der Waals surface area contributed by atoms with Gasteiger partial charge in [0.2, 0.25) is 5.91 Å². The van der Waals surface area contributed by atoms with Gasteiger partial charge in [0.05, 0.1) is 23.8 Å². The molecule has 2 N–H and O–H groups in total. The van der Waals surface area contributed by atoms with Crippen molar-refractivity contribution in [3.63, 3.8) is 0 Å². The van der Waals surface area contributed by atoms with Gasteiger partial charge in [-0.3, -0.25) is 9.59 Å². The summed E-state index contributed by atoms with van der Waals surface area (Å²) >= 11 is 1.60. The number of hydrogen-bond acceptors (Lipinski definition) is 7. The predicted octanol–water partition coefficient (Wildman–Crippen LogP) is 5.08. The van der Waals surface area contributed by atoms with Gasteiger partial charge in [-0.25, -0.2) is 4.98 Å². The summed E-state index contributed by atoms with van der Waals surface area (Å²) in [4.78, 5) is 29.3. The molecule has 3 aromatic rings. The minimum absolute atomic E-state index is 0.0434. The van der Waals surface area contributed by atoms with Gasteiger partial charge in [0.15, 0.2) is 6.29 Å². The Morgan fingerprint density at radius 3 is 2.40 bits per heavy atom. The molecule has 0 spiro atoms. The Labute approximate surface area is 251 Å². The van der Waals surface area contributed by atoms with E-state index in [1.54, 1.807) is 30.1 Å². The molecule has 0 saturated carbocycles. The van der Waals surface area contributed by atoms with Gasteiger partial charge in [0.1, 0.15) is 6.04 Å². The second kappa shape index (κ2) is 13.9. The first-order valence-corrected chi connectivity index (χ1v) is 15.0. The van der Waals surface area contributed by atoms with E-state index in [1.165, 1.54) is 0 Å². The number of amides is 2. The minimum atomic E-state index is -5.01. The van der Waals surface area contributed by atoms with Crippen LogP contribution < -0.4 is 5.32 Å². The molecule has 2 amide bonds. The third kappa shape index (κ3) is 7.94. The van der Waals surface area contributed by atoms with Crippen LogP contribution in [-0.4, -0.2) is 57.4 Å². The zero-order valence-corrected chi connectivity index (χ0v) is 24.0. The molecule has 2 fully saturated rings. The Morgan fingerprint density at radius 1 is 1.00 bits per heavy atom. The number of rotatable bonds is 9. The first kappa shape index (κ1) is 31.0. The Morgan fingerprint density at radius 2 is 1.72 bits per heavy atom. The molecule has 2 aliphatic rings. The van der Waals surface area contributed by atoms with Gasteiger partial charge in [-0.2, -0.15) is 13.2 Å². The van der Waals surface area contributed by atoms with E-state index >= 15 is 0 Å². The number of thioether (sulfide) groups is 1. The molecule has 0 bridgehead atoms. The lowest BCUT2D eigenvalue weighted by Crippen LogP contribution is -2.50. The third-order valence-corrected chi connectivity index (χ3v) is 8.52. The van der Waals surface area contributed by atoms with Gasteiger partial charge in [-0.05, 0) is 41.7 Å². The lowest BCUT2D eigenvalue weighted by molar-refractivity contribution is -0.245. The Bertz CT molecular complexity index is 1380. The van der Waals surface area contributed by atoms with Gasteiger partial charge >= 0.3 is 12.1 Å². The van der Waals surface area contributed by atoms with Gasteiger partial charge in [-0.1, -0.05) is 54.6 Å². The van der Waals surface area contributed by atoms with Crippen molar-refractivity contribution in [2.45, 2.75) is 68.2 Å². The zero-order chi connectivity index (χ0) is 30.4. The number of alkyl halides is 3. The van der Waals surface area contributed by atoms with Crippen LogP contribution in [0, 0.1) is 0 Å². The molecular weight excluding hydrogens is 583 g/mol. The fraction of sp³-hybridized carbons (Fsp3) is 0.387. The zero-order valence-electron chi connectivity index (χ0n) is 23.2. The number of hydrogen-bond donors (Lipinski definition) is 2. The van der Waals surface area contributed by atoms with Crippen LogP contribution >= 0.6 is 11.8 Å².